The zero-order valence-corrected chi connectivity index (χ0v) is 27.7. The first-order chi connectivity index (χ1) is 25.3. The molecule has 0 radical (unpaired) electrons. The van der Waals surface area contributed by atoms with Crippen LogP contribution in [0.25, 0.3) is 60.2 Å². The fraction of sp³-hybridized carbons (Fsp3) is 0.0213. The van der Waals surface area contributed by atoms with Crippen LogP contribution >= 0.6 is 0 Å². The molecule has 4 nitrogen and oxygen atoms in total. The zero-order valence-electron chi connectivity index (χ0n) is 27.7. The van der Waals surface area contributed by atoms with Crippen molar-refractivity contribution in [3.05, 3.63) is 199 Å². The number of hydrogen-bond donors (Lipinski definition) is 1. The Kier molecular flexibility index (Phi) is 6.85. The number of aromatic nitrogens is 1. The number of aliphatic imine (C=N–C) groups is 2. The molecule has 1 aromatic heterocycles. The molecule has 9 aromatic rings. The van der Waals surface area contributed by atoms with Crippen LogP contribution in [0.1, 0.15) is 22.9 Å². The Bertz CT molecular complexity index is 2810. The number of para-hydroxylation sites is 1. The van der Waals surface area contributed by atoms with Crippen molar-refractivity contribution in [1.29, 1.82) is 0 Å². The Hall–Kier alpha value is -6.78. The average Bonchev–Trinajstić information content (AvgIpc) is 3.56. The third-order valence-electron chi connectivity index (χ3n) is 10.0. The smallest absolute Gasteiger partial charge is 0.159 e. The Balaban J connectivity index is 0.990. The van der Waals surface area contributed by atoms with E-state index in [9.17, 15) is 0 Å². The number of amidine groups is 2. The first kappa shape index (κ1) is 29.2. The van der Waals surface area contributed by atoms with Gasteiger partial charge in [0.25, 0.3) is 0 Å². The highest BCUT2D eigenvalue weighted by molar-refractivity contribution is 6.21. The second-order valence-corrected chi connectivity index (χ2v) is 13.1. The highest BCUT2D eigenvalue weighted by Crippen LogP contribution is 2.37. The number of rotatable bonds is 5. The van der Waals surface area contributed by atoms with Gasteiger partial charge in [-0.2, -0.15) is 0 Å². The van der Waals surface area contributed by atoms with Crippen molar-refractivity contribution in [3.63, 3.8) is 0 Å². The molecule has 1 atom stereocenters. The summed E-state index contributed by atoms with van der Waals surface area (Å²) in [5.41, 5.74) is 8.99. The Morgan fingerprint density at radius 1 is 0.451 bits per heavy atom. The van der Waals surface area contributed by atoms with E-state index in [4.69, 9.17) is 9.98 Å². The molecule has 0 amide bonds. The lowest BCUT2D eigenvalue weighted by atomic mass is 10.0. The van der Waals surface area contributed by atoms with E-state index < -0.39 is 0 Å². The van der Waals surface area contributed by atoms with Crippen molar-refractivity contribution in [2.75, 3.05) is 0 Å². The maximum Gasteiger partial charge on any atom is 0.159 e. The SMILES string of the molecule is c1ccc(C2N=C(c3ccc4ccccc4c3)N=C(c3ccc(-c4ccc(-n5c6ccccc6c6c7ccccc7ccc65)cc4)cc3)N2)cc1. The molecule has 0 bridgehead atoms. The monoisotopic (exact) mass is 652 g/mol. The second kappa shape index (κ2) is 12.0. The van der Waals surface area contributed by atoms with Crippen molar-refractivity contribution in [3.8, 4) is 16.8 Å². The molecule has 0 saturated carbocycles. The van der Waals surface area contributed by atoms with E-state index in [2.05, 4.69) is 186 Å². The van der Waals surface area contributed by atoms with Gasteiger partial charge in [-0.05, 0) is 68.6 Å². The number of nitrogens with one attached hydrogen (secondary N) is 1. The quantitative estimate of drug-likeness (QED) is 0.197. The third kappa shape index (κ3) is 5.08. The van der Waals surface area contributed by atoms with Crippen LogP contribution in [0.2, 0.25) is 0 Å². The van der Waals surface area contributed by atoms with Gasteiger partial charge in [-0.3, -0.25) is 0 Å². The minimum absolute atomic E-state index is 0.244. The summed E-state index contributed by atoms with van der Waals surface area (Å²) in [6.07, 6.45) is -0.244. The van der Waals surface area contributed by atoms with Crippen molar-refractivity contribution in [2.24, 2.45) is 9.98 Å². The van der Waals surface area contributed by atoms with Crippen molar-refractivity contribution in [1.82, 2.24) is 9.88 Å². The summed E-state index contributed by atoms with van der Waals surface area (Å²) in [6.45, 7) is 0. The number of benzene rings is 8. The second-order valence-electron chi connectivity index (χ2n) is 13.1. The predicted octanol–water partition coefficient (Wildman–Crippen LogP) is 11.3. The van der Waals surface area contributed by atoms with Crippen molar-refractivity contribution < 1.29 is 0 Å². The minimum Gasteiger partial charge on any atom is -0.344 e. The first-order valence-electron chi connectivity index (χ1n) is 17.4. The van der Waals surface area contributed by atoms with Gasteiger partial charge in [0.1, 0.15) is 12.0 Å². The van der Waals surface area contributed by atoms with E-state index >= 15 is 0 Å². The van der Waals surface area contributed by atoms with E-state index in [-0.39, 0.29) is 6.17 Å². The number of fused-ring (bicyclic) bond motifs is 6. The van der Waals surface area contributed by atoms with Gasteiger partial charge in [0.15, 0.2) is 5.84 Å². The van der Waals surface area contributed by atoms with Gasteiger partial charge in [-0.1, -0.05) is 152 Å². The van der Waals surface area contributed by atoms with Crippen LogP contribution < -0.4 is 5.32 Å². The molecule has 1 unspecified atom stereocenters. The summed E-state index contributed by atoms with van der Waals surface area (Å²) in [5.74, 6) is 1.53. The lowest BCUT2D eigenvalue weighted by molar-refractivity contribution is 0.674. The molecule has 240 valence electrons. The lowest BCUT2D eigenvalue weighted by Crippen LogP contribution is -2.33. The highest BCUT2D eigenvalue weighted by Gasteiger charge is 2.21. The fourth-order valence-corrected chi connectivity index (χ4v) is 7.50. The zero-order chi connectivity index (χ0) is 33.7. The van der Waals surface area contributed by atoms with E-state index in [1.54, 1.807) is 0 Å². The molecule has 2 heterocycles. The molecular weight excluding hydrogens is 621 g/mol. The molecule has 1 aliphatic rings. The van der Waals surface area contributed by atoms with E-state index in [1.165, 1.54) is 43.4 Å². The Morgan fingerprint density at radius 3 is 1.86 bits per heavy atom. The van der Waals surface area contributed by atoms with Gasteiger partial charge in [-0.25, -0.2) is 9.98 Å². The maximum atomic E-state index is 5.07. The van der Waals surface area contributed by atoms with Gasteiger partial charge in [0.05, 0.1) is 11.0 Å². The molecule has 0 spiro atoms. The average molecular weight is 653 g/mol. The van der Waals surface area contributed by atoms with Crippen LogP contribution in [0.15, 0.2) is 192 Å². The van der Waals surface area contributed by atoms with E-state index in [0.717, 1.165) is 45.2 Å². The van der Waals surface area contributed by atoms with E-state index in [0.29, 0.717) is 0 Å². The third-order valence-corrected chi connectivity index (χ3v) is 10.0. The summed E-state index contributed by atoms with van der Waals surface area (Å²) in [7, 11) is 0. The number of hydrogen-bond acceptors (Lipinski definition) is 3. The molecule has 0 aliphatic carbocycles. The fourth-order valence-electron chi connectivity index (χ4n) is 7.50. The molecule has 1 aliphatic heterocycles. The minimum atomic E-state index is -0.244. The number of nitrogens with zero attached hydrogens (tertiary/aromatic N) is 3. The van der Waals surface area contributed by atoms with Crippen LogP contribution in [0.4, 0.5) is 0 Å². The van der Waals surface area contributed by atoms with Crippen LogP contribution in [0, 0.1) is 0 Å². The predicted molar refractivity (Wildman–Crippen MR) is 213 cm³/mol. The summed E-state index contributed by atoms with van der Waals surface area (Å²) in [6, 6.07) is 64.6. The van der Waals surface area contributed by atoms with Crippen molar-refractivity contribution in [2.45, 2.75) is 6.17 Å². The molecule has 0 saturated heterocycles. The first-order valence-corrected chi connectivity index (χ1v) is 17.4. The van der Waals surface area contributed by atoms with Gasteiger partial charge in [-0.15, -0.1) is 0 Å². The van der Waals surface area contributed by atoms with Gasteiger partial charge >= 0.3 is 0 Å². The van der Waals surface area contributed by atoms with Gasteiger partial charge < -0.3 is 9.88 Å². The Morgan fingerprint density at radius 2 is 1.06 bits per heavy atom. The molecular formula is C47H32N4. The summed E-state index contributed by atoms with van der Waals surface area (Å²) in [5, 5.41) is 11.1. The summed E-state index contributed by atoms with van der Waals surface area (Å²) >= 11 is 0. The molecule has 8 aromatic carbocycles. The van der Waals surface area contributed by atoms with Crippen LogP contribution in [0.3, 0.4) is 0 Å². The maximum absolute atomic E-state index is 5.07. The normalized spacial score (nSPS) is 14.5. The van der Waals surface area contributed by atoms with Crippen LogP contribution in [0.5, 0.6) is 0 Å². The Labute approximate surface area is 295 Å². The van der Waals surface area contributed by atoms with Crippen LogP contribution in [-0.2, 0) is 0 Å². The van der Waals surface area contributed by atoms with Crippen molar-refractivity contribution >= 4 is 55.0 Å². The highest BCUT2D eigenvalue weighted by atomic mass is 15.2. The summed E-state index contributed by atoms with van der Waals surface area (Å²) < 4.78 is 2.38. The molecule has 0 fully saturated rings. The summed E-state index contributed by atoms with van der Waals surface area (Å²) in [4.78, 5) is 10.1. The topological polar surface area (TPSA) is 41.7 Å². The molecule has 51 heavy (non-hydrogen) atoms. The lowest BCUT2D eigenvalue weighted by Gasteiger charge is -2.24. The largest absolute Gasteiger partial charge is 0.344 e. The van der Waals surface area contributed by atoms with Crippen LogP contribution in [-0.4, -0.2) is 16.2 Å². The standard InChI is InChI=1S/C47H32N4/c1-2-12-35(13-3-1)45-48-46(50-47(49-45)38-23-20-31-10-4-5-14-37(31)30-38)36-21-18-32(19-22-36)33-24-27-39(28-25-33)51-42-17-9-8-16-41(42)44-40-15-7-6-11-34(40)26-29-43(44)51/h1-30,45H,(H,48,49,50). The van der Waals surface area contributed by atoms with Gasteiger partial charge in [0, 0.05) is 27.6 Å². The van der Waals surface area contributed by atoms with Gasteiger partial charge in [0.2, 0.25) is 0 Å². The molecule has 1 N–H and O–H groups in total. The molecule has 4 heteroatoms. The molecule has 10 rings (SSSR count). The van der Waals surface area contributed by atoms with E-state index in [1.807, 2.05) is 6.07 Å².